The lowest BCUT2D eigenvalue weighted by Crippen LogP contribution is -2.39. The number of anilines is 1. The number of halogens is 1. The van der Waals surface area contributed by atoms with Gasteiger partial charge in [-0.2, -0.15) is 0 Å². The zero-order valence-electron chi connectivity index (χ0n) is 15.4. The molecule has 1 aromatic heterocycles. The Bertz CT molecular complexity index is 744. The summed E-state index contributed by atoms with van der Waals surface area (Å²) in [6.45, 7) is 5.87. The van der Waals surface area contributed by atoms with Crippen LogP contribution in [-0.2, 0) is 6.54 Å². The van der Waals surface area contributed by atoms with Crippen molar-refractivity contribution in [1.82, 2.24) is 15.6 Å². The Morgan fingerprint density at radius 3 is 2.68 bits per heavy atom. The number of pyridine rings is 1. The average molecular weight is 453 g/mol. The first-order valence-electron chi connectivity index (χ1n) is 8.69. The highest BCUT2D eigenvalue weighted by molar-refractivity contribution is 14.0. The van der Waals surface area contributed by atoms with E-state index in [1.807, 2.05) is 25.1 Å². The molecule has 5 nitrogen and oxygen atoms in total. The van der Waals surface area contributed by atoms with Gasteiger partial charge in [-0.1, -0.05) is 25.1 Å². The molecule has 6 heteroatoms. The van der Waals surface area contributed by atoms with Crippen LogP contribution in [0, 0.1) is 5.92 Å². The number of nitrogens with one attached hydrogen (secondary N) is 2. The van der Waals surface area contributed by atoms with Gasteiger partial charge in [-0.3, -0.25) is 0 Å². The molecule has 0 spiro atoms. The Morgan fingerprint density at radius 1 is 1.32 bits per heavy atom. The number of hydrogen-bond acceptors (Lipinski definition) is 3. The van der Waals surface area contributed by atoms with Gasteiger partial charge in [-0.05, 0) is 37.0 Å². The van der Waals surface area contributed by atoms with Gasteiger partial charge in [0.05, 0.1) is 12.1 Å². The summed E-state index contributed by atoms with van der Waals surface area (Å²) in [5.41, 5.74) is 2.22. The number of aromatic nitrogens is 1. The highest BCUT2D eigenvalue weighted by Crippen LogP contribution is 2.29. The minimum atomic E-state index is 0. The number of benzene rings is 1. The lowest BCUT2D eigenvalue weighted by molar-refractivity contribution is 0.767. The SMILES string of the molecule is CCNC(=NCc1cc(N(C)C)nc2ccccc12)NC1CC1C.I. The van der Waals surface area contributed by atoms with Crippen molar-refractivity contribution in [3.63, 3.8) is 0 Å². The molecule has 2 atom stereocenters. The lowest BCUT2D eigenvalue weighted by Gasteiger charge is -2.15. The van der Waals surface area contributed by atoms with E-state index in [0.29, 0.717) is 12.6 Å². The molecule has 1 aliphatic carbocycles. The molecule has 1 saturated carbocycles. The van der Waals surface area contributed by atoms with Crippen LogP contribution in [0.15, 0.2) is 35.3 Å². The molecule has 0 radical (unpaired) electrons. The second-order valence-electron chi connectivity index (χ2n) is 6.71. The fraction of sp³-hybridized carbons (Fsp3) is 0.474. The maximum Gasteiger partial charge on any atom is 0.191 e. The number of fused-ring (bicyclic) bond motifs is 1. The number of para-hydroxylation sites is 1. The van der Waals surface area contributed by atoms with Gasteiger partial charge in [0.2, 0.25) is 0 Å². The van der Waals surface area contributed by atoms with Crippen molar-refractivity contribution in [3.8, 4) is 0 Å². The van der Waals surface area contributed by atoms with Gasteiger partial charge in [0.1, 0.15) is 5.82 Å². The lowest BCUT2D eigenvalue weighted by atomic mass is 10.1. The van der Waals surface area contributed by atoms with Crippen LogP contribution in [0.3, 0.4) is 0 Å². The normalized spacial score (nSPS) is 19.3. The molecule has 2 N–H and O–H groups in total. The Kier molecular flexibility index (Phi) is 6.87. The quantitative estimate of drug-likeness (QED) is 0.414. The third-order valence-electron chi connectivity index (χ3n) is 4.43. The van der Waals surface area contributed by atoms with Crippen molar-refractivity contribution in [2.45, 2.75) is 32.9 Å². The summed E-state index contributed by atoms with van der Waals surface area (Å²) in [7, 11) is 4.04. The Balaban J connectivity index is 0.00000225. The number of hydrogen-bond donors (Lipinski definition) is 2. The summed E-state index contributed by atoms with van der Waals surface area (Å²) in [5.74, 6) is 2.61. The van der Waals surface area contributed by atoms with E-state index in [-0.39, 0.29) is 24.0 Å². The van der Waals surface area contributed by atoms with Crippen LogP contribution in [0.2, 0.25) is 0 Å². The third-order valence-corrected chi connectivity index (χ3v) is 4.43. The maximum absolute atomic E-state index is 4.80. The van der Waals surface area contributed by atoms with Gasteiger partial charge in [0, 0.05) is 32.1 Å². The first-order valence-corrected chi connectivity index (χ1v) is 8.69. The summed E-state index contributed by atoms with van der Waals surface area (Å²) >= 11 is 0. The number of aliphatic imine (C=N–C) groups is 1. The molecule has 0 bridgehead atoms. The predicted molar refractivity (Wildman–Crippen MR) is 117 cm³/mol. The van der Waals surface area contributed by atoms with Crippen LogP contribution in [0.1, 0.15) is 25.8 Å². The fourth-order valence-electron chi connectivity index (χ4n) is 2.77. The van der Waals surface area contributed by atoms with Crippen molar-refractivity contribution < 1.29 is 0 Å². The van der Waals surface area contributed by atoms with Crippen LogP contribution in [0.5, 0.6) is 0 Å². The van der Waals surface area contributed by atoms with Crippen LogP contribution in [-0.4, -0.2) is 37.6 Å². The van der Waals surface area contributed by atoms with E-state index < -0.39 is 0 Å². The Labute approximate surface area is 167 Å². The van der Waals surface area contributed by atoms with E-state index in [4.69, 9.17) is 9.98 Å². The molecule has 1 aliphatic rings. The summed E-state index contributed by atoms with van der Waals surface area (Å²) in [4.78, 5) is 11.5. The first kappa shape index (κ1) is 19.8. The van der Waals surface area contributed by atoms with Gasteiger partial charge in [0.15, 0.2) is 5.96 Å². The third kappa shape index (κ3) is 4.96. The second-order valence-corrected chi connectivity index (χ2v) is 6.71. The monoisotopic (exact) mass is 453 g/mol. The molecule has 2 unspecified atom stereocenters. The van der Waals surface area contributed by atoms with Crippen LogP contribution in [0.4, 0.5) is 5.82 Å². The van der Waals surface area contributed by atoms with E-state index in [1.165, 1.54) is 17.4 Å². The van der Waals surface area contributed by atoms with E-state index >= 15 is 0 Å². The Morgan fingerprint density at radius 2 is 2.04 bits per heavy atom. The van der Waals surface area contributed by atoms with Gasteiger partial charge >= 0.3 is 0 Å². The summed E-state index contributed by atoms with van der Waals surface area (Å²) in [6, 6.07) is 11.0. The molecular formula is C19H28IN5. The minimum absolute atomic E-state index is 0. The fourth-order valence-corrected chi connectivity index (χ4v) is 2.77. The average Bonchev–Trinajstić information content (AvgIpc) is 3.27. The molecule has 1 fully saturated rings. The number of nitrogens with zero attached hydrogens (tertiary/aromatic N) is 3. The maximum atomic E-state index is 4.80. The zero-order chi connectivity index (χ0) is 17.1. The van der Waals surface area contributed by atoms with Gasteiger partial charge in [-0.25, -0.2) is 9.98 Å². The molecule has 0 aliphatic heterocycles. The van der Waals surface area contributed by atoms with E-state index in [0.717, 1.165) is 29.8 Å². The second kappa shape index (κ2) is 8.69. The number of rotatable bonds is 5. The van der Waals surface area contributed by atoms with Gasteiger partial charge < -0.3 is 15.5 Å². The zero-order valence-corrected chi connectivity index (χ0v) is 17.7. The molecule has 1 heterocycles. The molecule has 25 heavy (non-hydrogen) atoms. The molecule has 3 rings (SSSR count). The summed E-state index contributed by atoms with van der Waals surface area (Å²) in [6.07, 6.45) is 1.23. The highest BCUT2D eigenvalue weighted by atomic mass is 127. The van der Waals surface area contributed by atoms with Crippen LogP contribution in [0.25, 0.3) is 10.9 Å². The smallest absolute Gasteiger partial charge is 0.191 e. The van der Waals surface area contributed by atoms with Crippen molar-refractivity contribution in [2.24, 2.45) is 10.9 Å². The first-order chi connectivity index (χ1) is 11.6. The largest absolute Gasteiger partial charge is 0.363 e. The predicted octanol–water partition coefficient (Wildman–Crippen LogP) is 3.38. The van der Waals surface area contributed by atoms with Crippen molar-refractivity contribution in [2.75, 3.05) is 25.5 Å². The standard InChI is InChI=1S/C19H27N5.HI/c1-5-20-19(23-17-10-13(17)2)21-12-14-11-18(24(3)4)22-16-9-7-6-8-15(14)16;/h6-9,11,13,17H,5,10,12H2,1-4H3,(H2,20,21,23);1H. The molecule has 0 amide bonds. The topological polar surface area (TPSA) is 52.6 Å². The minimum Gasteiger partial charge on any atom is -0.363 e. The van der Waals surface area contributed by atoms with E-state index in [2.05, 4.69) is 48.7 Å². The van der Waals surface area contributed by atoms with Crippen LogP contribution >= 0.6 is 24.0 Å². The van der Waals surface area contributed by atoms with Gasteiger partial charge in [-0.15, -0.1) is 24.0 Å². The molecular weight excluding hydrogens is 425 g/mol. The number of guanidine groups is 1. The molecule has 1 aromatic carbocycles. The summed E-state index contributed by atoms with van der Waals surface area (Å²) in [5, 5.41) is 8.02. The van der Waals surface area contributed by atoms with E-state index in [9.17, 15) is 0 Å². The van der Waals surface area contributed by atoms with Crippen molar-refractivity contribution >= 4 is 46.7 Å². The molecule has 2 aromatic rings. The molecule has 136 valence electrons. The summed E-state index contributed by atoms with van der Waals surface area (Å²) < 4.78 is 0. The molecule has 0 saturated heterocycles. The van der Waals surface area contributed by atoms with Crippen molar-refractivity contribution in [3.05, 3.63) is 35.9 Å². The van der Waals surface area contributed by atoms with Crippen LogP contribution < -0.4 is 15.5 Å². The van der Waals surface area contributed by atoms with Crippen molar-refractivity contribution in [1.29, 1.82) is 0 Å². The van der Waals surface area contributed by atoms with E-state index in [1.54, 1.807) is 0 Å². The highest BCUT2D eigenvalue weighted by Gasteiger charge is 2.33. The van der Waals surface area contributed by atoms with Gasteiger partial charge in [0.25, 0.3) is 0 Å². The Hall–Kier alpha value is -1.57.